The summed E-state index contributed by atoms with van der Waals surface area (Å²) in [5.41, 5.74) is 4.33. The summed E-state index contributed by atoms with van der Waals surface area (Å²) in [5.74, 6) is 0.521. The molecule has 7 nitrogen and oxygen atoms in total. The van der Waals surface area contributed by atoms with Crippen molar-refractivity contribution in [3.05, 3.63) is 69.7 Å². The molecule has 186 valence electrons. The number of nitrogens with zero attached hydrogens (tertiary/aromatic N) is 4. The van der Waals surface area contributed by atoms with E-state index < -0.39 is 0 Å². The summed E-state index contributed by atoms with van der Waals surface area (Å²) in [6.45, 7) is 9.31. The van der Waals surface area contributed by atoms with E-state index in [1.807, 2.05) is 50.2 Å². The molecular weight excluding hydrogens is 474 g/mol. The van der Waals surface area contributed by atoms with Crippen molar-refractivity contribution >= 4 is 28.6 Å². The molecule has 5 rings (SSSR count). The lowest BCUT2D eigenvalue weighted by Gasteiger charge is -2.35. The van der Waals surface area contributed by atoms with Gasteiger partial charge in [0.05, 0.1) is 11.3 Å². The van der Waals surface area contributed by atoms with Gasteiger partial charge in [-0.25, -0.2) is 4.98 Å². The van der Waals surface area contributed by atoms with E-state index in [0.29, 0.717) is 40.9 Å². The summed E-state index contributed by atoms with van der Waals surface area (Å²) in [6, 6.07) is 11.7. The van der Waals surface area contributed by atoms with Crippen molar-refractivity contribution in [2.24, 2.45) is 0 Å². The number of aromatic nitrogens is 4. The molecule has 0 saturated carbocycles. The lowest BCUT2D eigenvalue weighted by molar-refractivity contribution is -0.0553. The Bertz CT molecular complexity index is 1500. The van der Waals surface area contributed by atoms with Gasteiger partial charge in [-0.2, -0.15) is 4.98 Å². The van der Waals surface area contributed by atoms with Crippen molar-refractivity contribution in [1.82, 2.24) is 19.5 Å². The van der Waals surface area contributed by atoms with Gasteiger partial charge in [-0.05, 0) is 64.3 Å². The molecule has 0 amide bonds. The lowest BCUT2D eigenvalue weighted by Crippen LogP contribution is -2.40. The average molecular weight is 504 g/mol. The monoisotopic (exact) mass is 503 g/mol. The smallest absolute Gasteiger partial charge is 0.260 e. The molecule has 0 spiro atoms. The fraction of sp³-hybridized carbons (Fsp3) is 0.357. The van der Waals surface area contributed by atoms with E-state index in [-0.39, 0.29) is 17.2 Å². The first-order chi connectivity index (χ1) is 17.3. The van der Waals surface area contributed by atoms with Crippen LogP contribution in [-0.2, 0) is 11.3 Å². The zero-order valence-corrected chi connectivity index (χ0v) is 21.8. The largest absolute Gasteiger partial charge is 0.375 e. The molecule has 0 bridgehead atoms. The summed E-state index contributed by atoms with van der Waals surface area (Å²) in [5, 5.41) is 4.72. The van der Waals surface area contributed by atoms with E-state index in [9.17, 15) is 4.79 Å². The van der Waals surface area contributed by atoms with E-state index in [1.54, 1.807) is 17.0 Å². The first kappa shape index (κ1) is 24.4. The van der Waals surface area contributed by atoms with Crippen LogP contribution < -0.4 is 10.9 Å². The van der Waals surface area contributed by atoms with E-state index in [4.69, 9.17) is 21.3 Å². The van der Waals surface area contributed by atoms with Crippen LogP contribution in [0.1, 0.15) is 39.2 Å². The molecule has 4 heterocycles. The Morgan fingerprint density at radius 1 is 1.19 bits per heavy atom. The highest BCUT2D eigenvalue weighted by molar-refractivity contribution is 6.33. The Morgan fingerprint density at radius 2 is 2.03 bits per heavy atom. The number of pyridine rings is 2. The number of anilines is 1. The first-order valence-corrected chi connectivity index (χ1v) is 12.7. The summed E-state index contributed by atoms with van der Waals surface area (Å²) in [6.07, 6.45) is 5.28. The van der Waals surface area contributed by atoms with Crippen LogP contribution >= 0.6 is 11.6 Å². The van der Waals surface area contributed by atoms with Gasteiger partial charge in [0.25, 0.3) is 5.56 Å². The molecule has 1 N–H and O–H groups in total. The van der Waals surface area contributed by atoms with Crippen LogP contribution in [0.25, 0.3) is 33.4 Å². The highest BCUT2D eigenvalue weighted by Crippen LogP contribution is 2.32. The molecule has 1 atom stereocenters. The highest BCUT2D eigenvalue weighted by atomic mass is 35.5. The number of benzene rings is 1. The third-order valence-corrected chi connectivity index (χ3v) is 7.03. The maximum Gasteiger partial charge on any atom is 0.260 e. The number of fused-ring (bicyclic) bond motifs is 1. The maximum atomic E-state index is 13.6. The molecule has 36 heavy (non-hydrogen) atoms. The Balaban J connectivity index is 1.52. The van der Waals surface area contributed by atoms with Gasteiger partial charge in [-0.15, -0.1) is 0 Å². The molecule has 0 aliphatic carbocycles. The Morgan fingerprint density at radius 3 is 2.75 bits per heavy atom. The van der Waals surface area contributed by atoms with Crippen molar-refractivity contribution in [3.8, 4) is 22.4 Å². The van der Waals surface area contributed by atoms with Gasteiger partial charge < -0.3 is 10.1 Å². The first-order valence-electron chi connectivity index (χ1n) is 12.3. The van der Waals surface area contributed by atoms with Crippen LogP contribution in [0.3, 0.4) is 0 Å². The maximum absolute atomic E-state index is 13.6. The fourth-order valence-corrected chi connectivity index (χ4v) is 5.20. The number of halogens is 1. The van der Waals surface area contributed by atoms with Crippen molar-refractivity contribution in [3.63, 3.8) is 0 Å². The van der Waals surface area contributed by atoms with Crippen LogP contribution in [0.4, 0.5) is 5.95 Å². The van der Waals surface area contributed by atoms with Gasteiger partial charge in [0.2, 0.25) is 5.95 Å². The zero-order chi connectivity index (χ0) is 25.4. The molecule has 1 aliphatic heterocycles. The van der Waals surface area contributed by atoms with Gasteiger partial charge in [0.15, 0.2) is 0 Å². The van der Waals surface area contributed by atoms with Crippen molar-refractivity contribution in [2.75, 3.05) is 11.9 Å². The van der Waals surface area contributed by atoms with Crippen molar-refractivity contribution < 1.29 is 4.74 Å². The second-order valence-electron chi connectivity index (χ2n) is 9.89. The summed E-state index contributed by atoms with van der Waals surface area (Å²) in [4.78, 5) is 27.3. The molecule has 1 fully saturated rings. The molecule has 4 aromatic rings. The molecule has 8 heteroatoms. The third kappa shape index (κ3) is 4.73. The number of aryl methyl sites for hydroxylation is 2. The topological polar surface area (TPSA) is 81.9 Å². The number of hydrogen-bond acceptors (Lipinski definition) is 6. The predicted octanol–water partition coefficient (Wildman–Crippen LogP) is 5.87. The van der Waals surface area contributed by atoms with Crippen LogP contribution in [0, 0.1) is 6.92 Å². The summed E-state index contributed by atoms with van der Waals surface area (Å²) < 4.78 is 7.50. The van der Waals surface area contributed by atoms with Gasteiger partial charge in [-0.3, -0.25) is 14.3 Å². The highest BCUT2D eigenvalue weighted by Gasteiger charge is 2.29. The zero-order valence-electron chi connectivity index (χ0n) is 21.0. The Kier molecular flexibility index (Phi) is 6.53. The molecule has 0 radical (unpaired) electrons. The summed E-state index contributed by atoms with van der Waals surface area (Å²) in [7, 11) is 0. The molecule has 1 saturated heterocycles. The molecule has 1 aliphatic rings. The van der Waals surface area contributed by atoms with Crippen molar-refractivity contribution in [2.45, 2.75) is 58.7 Å². The van der Waals surface area contributed by atoms with E-state index in [2.05, 4.69) is 29.1 Å². The SMILES string of the molecule is CCn1c(=O)c(-c2ccc(-c3ncccc3C)cc2Cl)cc2cnc(NC3CCOC(C)(C)C3)nc21. The Hall–Kier alpha value is -3.29. The standard InChI is InChI=1S/C28H30ClN5O2/c1-5-34-25-19(16-31-27(33-25)32-20-10-12-36-28(3,4)15-20)13-22(26(34)35)21-9-8-18(14-23(21)29)24-17(2)7-6-11-30-24/h6-9,11,13-14,16,20H,5,10,12,15H2,1-4H3,(H,31,32,33). The number of rotatable bonds is 5. The second kappa shape index (κ2) is 9.64. The minimum absolute atomic E-state index is 0.134. The average Bonchev–Trinajstić information content (AvgIpc) is 2.84. The number of hydrogen-bond donors (Lipinski definition) is 1. The van der Waals surface area contributed by atoms with E-state index in [0.717, 1.165) is 35.0 Å². The van der Waals surface area contributed by atoms with Crippen molar-refractivity contribution in [1.29, 1.82) is 0 Å². The minimum atomic E-state index is -0.183. The van der Waals surface area contributed by atoms with E-state index >= 15 is 0 Å². The van der Waals surface area contributed by atoms with Gasteiger partial charge >= 0.3 is 0 Å². The van der Waals surface area contributed by atoms with Gasteiger partial charge in [0, 0.05) is 58.7 Å². The van der Waals surface area contributed by atoms with Crippen LogP contribution in [0.15, 0.2) is 53.6 Å². The normalized spacial score (nSPS) is 17.3. The van der Waals surface area contributed by atoms with E-state index in [1.165, 1.54) is 0 Å². The second-order valence-corrected chi connectivity index (χ2v) is 10.3. The Labute approximate surface area is 215 Å². The molecule has 1 aromatic carbocycles. The molecular formula is C28H30ClN5O2. The van der Waals surface area contributed by atoms with Gasteiger partial charge in [-0.1, -0.05) is 29.8 Å². The predicted molar refractivity (Wildman–Crippen MR) is 145 cm³/mol. The number of nitrogens with one attached hydrogen (secondary N) is 1. The van der Waals surface area contributed by atoms with Crippen LogP contribution in [-0.4, -0.2) is 37.8 Å². The number of ether oxygens (including phenoxy) is 1. The van der Waals surface area contributed by atoms with Crippen LogP contribution in [0.5, 0.6) is 0 Å². The third-order valence-electron chi connectivity index (χ3n) is 6.72. The lowest BCUT2D eigenvalue weighted by atomic mass is 9.94. The fourth-order valence-electron chi connectivity index (χ4n) is 4.92. The quantitative estimate of drug-likeness (QED) is 0.366. The summed E-state index contributed by atoms with van der Waals surface area (Å²) >= 11 is 6.71. The van der Waals surface area contributed by atoms with Gasteiger partial charge in [0.1, 0.15) is 5.65 Å². The molecule has 3 aromatic heterocycles. The molecule has 1 unspecified atom stereocenters. The minimum Gasteiger partial charge on any atom is -0.375 e. The van der Waals surface area contributed by atoms with Crippen LogP contribution in [0.2, 0.25) is 5.02 Å².